The van der Waals surface area contributed by atoms with Crippen molar-refractivity contribution < 1.29 is 29.2 Å². The SMILES string of the molecule is COCC1CN2C(=NC1=O)O[C@@H]1[C@H](O)[C@@H](CO)O[C@@H]12. The second-order valence-electron chi connectivity index (χ2n) is 4.86. The van der Waals surface area contributed by atoms with E-state index in [2.05, 4.69) is 4.99 Å². The Balaban J connectivity index is 1.80. The van der Waals surface area contributed by atoms with Gasteiger partial charge in [-0.05, 0) is 0 Å². The van der Waals surface area contributed by atoms with E-state index in [1.165, 1.54) is 7.11 Å². The molecule has 0 aliphatic carbocycles. The minimum atomic E-state index is -0.931. The zero-order chi connectivity index (χ0) is 13.6. The second-order valence-corrected chi connectivity index (χ2v) is 4.86. The van der Waals surface area contributed by atoms with Crippen LogP contribution in [0.5, 0.6) is 0 Å². The minimum Gasteiger partial charge on any atom is -0.454 e. The number of carbonyl (C=O) groups is 1. The maximum Gasteiger partial charge on any atom is 0.298 e. The summed E-state index contributed by atoms with van der Waals surface area (Å²) in [4.78, 5) is 17.3. The quantitative estimate of drug-likeness (QED) is 0.608. The Bertz CT molecular complexity index is 414. The topological polar surface area (TPSA) is 101 Å². The van der Waals surface area contributed by atoms with Gasteiger partial charge in [-0.1, -0.05) is 0 Å². The van der Waals surface area contributed by atoms with Gasteiger partial charge in [-0.3, -0.25) is 9.69 Å². The molecule has 0 radical (unpaired) electrons. The molecule has 3 aliphatic rings. The van der Waals surface area contributed by atoms with Gasteiger partial charge < -0.3 is 24.4 Å². The van der Waals surface area contributed by atoms with Crippen molar-refractivity contribution in [1.82, 2.24) is 4.90 Å². The molecule has 3 aliphatic heterocycles. The molecular weight excluding hydrogens is 256 g/mol. The van der Waals surface area contributed by atoms with Crippen molar-refractivity contribution in [2.24, 2.45) is 10.9 Å². The van der Waals surface area contributed by atoms with Gasteiger partial charge in [-0.2, -0.15) is 4.99 Å². The molecule has 0 aromatic rings. The summed E-state index contributed by atoms with van der Waals surface area (Å²) in [5.74, 6) is -0.661. The Kier molecular flexibility index (Phi) is 3.17. The van der Waals surface area contributed by atoms with Gasteiger partial charge in [0.25, 0.3) is 11.9 Å². The third-order valence-corrected chi connectivity index (χ3v) is 3.63. The van der Waals surface area contributed by atoms with Gasteiger partial charge in [0.15, 0.2) is 12.3 Å². The van der Waals surface area contributed by atoms with Crippen molar-refractivity contribution in [1.29, 1.82) is 0 Å². The van der Waals surface area contributed by atoms with Crippen LogP contribution in [-0.4, -0.2) is 78.4 Å². The van der Waals surface area contributed by atoms with Crippen LogP contribution < -0.4 is 0 Å². The fourth-order valence-electron chi connectivity index (χ4n) is 2.64. The normalized spacial score (nSPS) is 40.8. The van der Waals surface area contributed by atoms with Gasteiger partial charge in [-0.15, -0.1) is 0 Å². The lowest BCUT2D eigenvalue weighted by molar-refractivity contribution is -0.126. The zero-order valence-electron chi connectivity index (χ0n) is 10.4. The molecule has 3 heterocycles. The molecule has 106 valence electrons. The van der Waals surface area contributed by atoms with E-state index in [-0.39, 0.29) is 31.1 Å². The highest BCUT2D eigenvalue weighted by molar-refractivity contribution is 5.95. The summed E-state index contributed by atoms with van der Waals surface area (Å²) in [5, 5.41) is 19.0. The zero-order valence-corrected chi connectivity index (χ0v) is 10.4. The molecule has 2 fully saturated rings. The Morgan fingerprint density at radius 2 is 2.37 bits per heavy atom. The number of fused-ring (bicyclic) bond motifs is 3. The molecule has 2 saturated heterocycles. The van der Waals surface area contributed by atoms with E-state index in [4.69, 9.17) is 19.3 Å². The molecule has 1 unspecified atom stereocenters. The summed E-state index contributed by atoms with van der Waals surface area (Å²) in [6, 6.07) is 0.183. The van der Waals surface area contributed by atoms with E-state index >= 15 is 0 Å². The first-order valence-electron chi connectivity index (χ1n) is 6.15. The van der Waals surface area contributed by atoms with Gasteiger partial charge in [0.1, 0.15) is 12.2 Å². The Labute approximate surface area is 109 Å². The Morgan fingerprint density at radius 1 is 1.58 bits per heavy atom. The molecule has 3 rings (SSSR count). The van der Waals surface area contributed by atoms with Crippen LogP contribution in [0.15, 0.2) is 4.99 Å². The van der Waals surface area contributed by atoms with Crippen molar-refractivity contribution in [2.45, 2.75) is 24.5 Å². The van der Waals surface area contributed by atoms with E-state index in [1.54, 1.807) is 4.90 Å². The third kappa shape index (κ3) is 1.91. The lowest BCUT2D eigenvalue weighted by Crippen LogP contribution is -2.46. The number of nitrogens with zero attached hydrogens (tertiary/aromatic N) is 2. The molecule has 0 saturated carbocycles. The number of carbonyl (C=O) groups excluding carboxylic acids is 1. The first-order chi connectivity index (χ1) is 9.15. The number of ether oxygens (including phenoxy) is 3. The van der Waals surface area contributed by atoms with Crippen LogP contribution >= 0.6 is 0 Å². The van der Waals surface area contributed by atoms with Crippen molar-refractivity contribution in [2.75, 3.05) is 26.9 Å². The smallest absolute Gasteiger partial charge is 0.298 e. The molecule has 0 spiro atoms. The first-order valence-corrected chi connectivity index (χ1v) is 6.15. The van der Waals surface area contributed by atoms with Gasteiger partial charge in [0.2, 0.25) is 0 Å². The maximum absolute atomic E-state index is 11.7. The fraction of sp³-hybridized carbons (Fsp3) is 0.818. The summed E-state index contributed by atoms with van der Waals surface area (Å²) >= 11 is 0. The number of aliphatic hydroxyl groups excluding tert-OH is 2. The predicted octanol–water partition coefficient (Wildman–Crippen LogP) is -2.08. The average molecular weight is 272 g/mol. The van der Waals surface area contributed by atoms with Crippen molar-refractivity contribution >= 4 is 11.9 Å². The number of amides is 1. The van der Waals surface area contributed by atoms with Gasteiger partial charge >= 0.3 is 0 Å². The molecule has 8 heteroatoms. The van der Waals surface area contributed by atoms with Crippen LogP contribution in [0.25, 0.3) is 0 Å². The number of aliphatic hydroxyl groups is 2. The molecule has 5 atom stereocenters. The van der Waals surface area contributed by atoms with Crippen molar-refractivity contribution in [3.63, 3.8) is 0 Å². The van der Waals surface area contributed by atoms with Crippen LogP contribution in [0.1, 0.15) is 0 Å². The summed E-state index contributed by atoms with van der Waals surface area (Å²) < 4.78 is 16.0. The second kappa shape index (κ2) is 4.71. The molecule has 0 bridgehead atoms. The third-order valence-electron chi connectivity index (χ3n) is 3.63. The molecule has 19 heavy (non-hydrogen) atoms. The summed E-state index contributed by atoms with van der Waals surface area (Å²) in [7, 11) is 1.52. The predicted molar refractivity (Wildman–Crippen MR) is 61.1 cm³/mol. The highest BCUT2D eigenvalue weighted by Crippen LogP contribution is 2.34. The summed E-state index contributed by atoms with van der Waals surface area (Å²) in [5.41, 5.74) is 0. The Hall–Kier alpha value is -1.22. The van der Waals surface area contributed by atoms with Crippen LogP contribution in [0.2, 0.25) is 0 Å². The number of hydrogen-bond acceptors (Lipinski definition) is 7. The van der Waals surface area contributed by atoms with E-state index < -0.39 is 24.5 Å². The monoisotopic (exact) mass is 272 g/mol. The lowest BCUT2D eigenvalue weighted by Gasteiger charge is -2.29. The largest absolute Gasteiger partial charge is 0.454 e. The molecule has 1 amide bonds. The lowest BCUT2D eigenvalue weighted by atomic mass is 10.1. The molecule has 8 nitrogen and oxygen atoms in total. The number of amidine groups is 1. The molecule has 2 N–H and O–H groups in total. The fourth-order valence-corrected chi connectivity index (χ4v) is 2.64. The Morgan fingerprint density at radius 3 is 3.05 bits per heavy atom. The average Bonchev–Trinajstić information content (AvgIpc) is 2.88. The standard InChI is InChI=1S/C11H16N2O6/c1-17-4-5-2-13-10-8(7(15)6(3-14)18-10)19-11(13)12-9(5)16/h5-8,10,14-15H,2-4H2,1H3/t5?,6-,7-,8-,10+/m1/s1. The molecule has 0 aromatic carbocycles. The van der Waals surface area contributed by atoms with Crippen molar-refractivity contribution in [3.05, 3.63) is 0 Å². The highest BCUT2D eigenvalue weighted by Gasteiger charge is 2.55. The first kappa shape index (κ1) is 12.8. The highest BCUT2D eigenvalue weighted by atomic mass is 16.6. The minimum absolute atomic E-state index is 0.183. The van der Waals surface area contributed by atoms with E-state index in [9.17, 15) is 9.90 Å². The van der Waals surface area contributed by atoms with Crippen LogP contribution in [-0.2, 0) is 19.0 Å². The van der Waals surface area contributed by atoms with E-state index in [0.717, 1.165) is 0 Å². The van der Waals surface area contributed by atoms with Gasteiger partial charge in [-0.25, -0.2) is 0 Å². The van der Waals surface area contributed by atoms with E-state index in [0.29, 0.717) is 6.54 Å². The number of aliphatic imine (C=N–C) groups is 1. The number of rotatable bonds is 3. The molecule has 0 aromatic heterocycles. The number of methoxy groups -OCH3 is 1. The summed E-state index contributed by atoms with van der Waals surface area (Å²) in [6.07, 6.45) is -2.74. The summed E-state index contributed by atoms with van der Waals surface area (Å²) in [6.45, 7) is 0.366. The van der Waals surface area contributed by atoms with Crippen LogP contribution in [0.4, 0.5) is 0 Å². The van der Waals surface area contributed by atoms with Gasteiger partial charge in [0.05, 0.1) is 19.1 Å². The number of hydrogen-bond donors (Lipinski definition) is 2. The van der Waals surface area contributed by atoms with Gasteiger partial charge in [0, 0.05) is 13.7 Å². The maximum atomic E-state index is 11.7. The van der Waals surface area contributed by atoms with Crippen LogP contribution in [0, 0.1) is 5.92 Å². The van der Waals surface area contributed by atoms with E-state index in [1.807, 2.05) is 0 Å². The van der Waals surface area contributed by atoms with Crippen molar-refractivity contribution in [3.8, 4) is 0 Å². The molecular formula is C11H16N2O6. The van der Waals surface area contributed by atoms with Crippen LogP contribution in [0.3, 0.4) is 0 Å².